The maximum atomic E-state index is 5.95. The van der Waals surface area contributed by atoms with Gasteiger partial charge in [0.1, 0.15) is 11.2 Å². The Morgan fingerprint density at radius 2 is 1.89 bits per heavy atom. The highest BCUT2D eigenvalue weighted by Crippen LogP contribution is 2.32. The van der Waals surface area contributed by atoms with Crippen LogP contribution in [0.2, 0.25) is 0 Å². The highest BCUT2D eigenvalue weighted by Gasteiger charge is 2.08. The van der Waals surface area contributed by atoms with Crippen LogP contribution < -0.4 is 0 Å². The smallest absolute Gasteiger partial charge is 0.137 e. The summed E-state index contributed by atoms with van der Waals surface area (Å²) < 4.78 is 5.95. The van der Waals surface area contributed by atoms with Crippen molar-refractivity contribution in [1.82, 2.24) is 4.98 Å². The molecule has 4 rings (SSSR count). The van der Waals surface area contributed by atoms with Crippen LogP contribution in [0.15, 0.2) is 47.0 Å². The van der Waals surface area contributed by atoms with Crippen LogP contribution in [0.4, 0.5) is 0 Å². The average Bonchev–Trinajstić information content (AvgIpc) is 2.98. The van der Waals surface area contributed by atoms with Crippen molar-refractivity contribution in [2.45, 2.75) is 13.3 Å². The minimum atomic E-state index is 0.952. The van der Waals surface area contributed by atoms with Crippen molar-refractivity contribution in [3.63, 3.8) is 0 Å². The van der Waals surface area contributed by atoms with Crippen molar-refractivity contribution in [2.24, 2.45) is 0 Å². The Bertz CT molecular complexity index is 867. The number of aromatic amines is 1. The number of hydrogen-bond acceptors (Lipinski definition) is 1. The first-order chi connectivity index (χ1) is 8.85. The lowest BCUT2D eigenvalue weighted by atomic mass is 10.1. The third kappa shape index (κ3) is 1.23. The molecule has 2 aromatic heterocycles. The van der Waals surface area contributed by atoms with Gasteiger partial charge >= 0.3 is 0 Å². The maximum absolute atomic E-state index is 5.95. The molecule has 0 atom stereocenters. The molecular formula is C16H13NO. The largest absolute Gasteiger partial charge is 0.456 e. The molecule has 0 aliphatic rings. The minimum Gasteiger partial charge on any atom is -0.456 e. The van der Waals surface area contributed by atoms with Gasteiger partial charge in [-0.3, -0.25) is 0 Å². The Hall–Kier alpha value is -2.22. The van der Waals surface area contributed by atoms with E-state index in [4.69, 9.17) is 4.42 Å². The van der Waals surface area contributed by atoms with Crippen molar-refractivity contribution >= 4 is 32.8 Å². The van der Waals surface area contributed by atoms with Gasteiger partial charge in [-0.15, -0.1) is 0 Å². The number of aromatic nitrogens is 1. The van der Waals surface area contributed by atoms with Gasteiger partial charge in [-0.2, -0.15) is 0 Å². The van der Waals surface area contributed by atoms with E-state index in [9.17, 15) is 0 Å². The number of fused-ring (bicyclic) bond motifs is 4. The first-order valence-electron chi connectivity index (χ1n) is 6.27. The average molecular weight is 235 g/mol. The summed E-state index contributed by atoms with van der Waals surface area (Å²) in [6.07, 6.45) is 2.99. The number of rotatable bonds is 1. The zero-order valence-corrected chi connectivity index (χ0v) is 10.2. The van der Waals surface area contributed by atoms with Crippen molar-refractivity contribution < 1.29 is 4.42 Å². The van der Waals surface area contributed by atoms with Gasteiger partial charge in [-0.1, -0.05) is 19.1 Å². The van der Waals surface area contributed by atoms with E-state index < -0.39 is 0 Å². The first-order valence-corrected chi connectivity index (χ1v) is 6.27. The summed E-state index contributed by atoms with van der Waals surface area (Å²) in [6.45, 7) is 2.16. The van der Waals surface area contributed by atoms with E-state index in [-0.39, 0.29) is 0 Å². The van der Waals surface area contributed by atoms with Gasteiger partial charge in [0, 0.05) is 33.9 Å². The molecule has 18 heavy (non-hydrogen) atoms. The molecule has 0 unspecified atom stereocenters. The van der Waals surface area contributed by atoms with E-state index in [2.05, 4.69) is 48.3 Å². The quantitative estimate of drug-likeness (QED) is 0.512. The number of hydrogen-bond donors (Lipinski definition) is 1. The third-order valence-electron chi connectivity index (χ3n) is 3.62. The van der Waals surface area contributed by atoms with Gasteiger partial charge in [-0.25, -0.2) is 0 Å². The number of furan rings is 1. The second-order valence-corrected chi connectivity index (χ2v) is 4.70. The molecule has 0 spiro atoms. The predicted octanol–water partition coefficient (Wildman–Crippen LogP) is 4.63. The molecule has 2 nitrogen and oxygen atoms in total. The fraction of sp³-hybridized carbons (Fsp3) is 0.125. The van der Waals surface area contributed by atoms with Crippen LogP contribution in [0.3, 0.4) is 0 Å². The molecule has 2 heteroatoms. The van der Waals surface area contributed by atoms with E-state index >= 15 is 0 Å². The highest BCUT2D eigenvalue weighted by atomic mass is 16.3. The van der Waals surface area contributed by atoms with E-state index in [1.807, 2.05) is 6.20 Å². The van der Waals surface area contributed by atoms with Crippen LogP contribution >= 0.6 is 0 Å². The highest BCUT2D eigenvalue weighted by molar-refractivity contribution is 6.09. The van der Waals surface area contributed by atoms with Crippen LogP contribution in [0.1, 0.15) is 12.5 Å². The Morgan fingerprint density at radius 3 is 2.78 bits per heavy atom. The maximum Gasteiger partial charge on any atom is 0.137 e. The molecule has 0 fully saturated rings. The summed E-state index contributed by atoms with van der Waals surface area (Å²) in [5, 5.41) is 3.62. The Kier molecular flexibility index (Phi) is 1.84. The molecule has 0 aliphatic heterocycles. The van der Waals surface area contributed by atoms with Crippen LogP contribution in [0, 0.1) is 0 Å². The second kappa shape index (κ2) is 3.39. The predicted molar refractivity (Wildman–Crippen MR) is 75.0 cm³/mol. The third-order valence-corrected chi connectivity index (χ3v) is 3.62. The molecule has 2 aromatic carbocycles. The van der Waals surface area contributed by atoms with Crippen molar-refractivity contribution in [3.8, 4) is 0 Å². The Balaban J connectivity index is 2.16. The molecule has 0 amide bonds. The molecule has 0 saturated carbocycles. The molecule has 88 valence electrons. The van der Waals surface area contributed by atoms with Crippen molar-refractivity contribution in [2.75, 3.05) is 0 Å². The second-order valence-electron chi connectivity index (χ2n) is 4.70. The molecule has 0 saturated heterocycles. The SMILES string of the molecule is CCc1ccc2c(c1)oc1cc3[nH]ccc3cc12. The van der Waals surface area contributed by atoms with Gasteiger partial charge in [-0.05, 0) is 30.2 Å². The lowest BCUT2D eigenvalue weighted by Gasteiger charge is -1.94. The van der Waals surface area contributed by atoms with Gasteiger partial charge in [0.2, 0.25) is 0 Å². The monoisotopic (exact) mass is 235 g/mol. The fourth-order valence-corrected chi connectivity index (χ4v) is 2.59. The number of benzene rings is 2. The summed E-state index contributed by atoms with van der Waals surface area (Å²) in [4.78, 5) is 3.22. The Morgan fingerprint density at radius 1 is 1.00 bits per heavy atom. The van der Waals surface area contributed by atoms with E-state index in [1.54, 1.807) is 0 Å². The fourth-order valence-electron chi connectivity index (χ4n) is 2.59. The standard InChI is InChI=1S/C16H13NO/c1-2-10-3-4-12-13-8-11-5-6-17-14(11)9-16(13)18-15(12)7-10/h3-9,17H,2H2,1H3. The number of aryl methyl sites for hydroxylation is 1. The van der Waals surface area contributed by atoms with Crippen molar-refractivity contribution in [3.05, 3.63) is 48.2 Å². The Labute approximate surface area is 104 Å². The number of H-pyrrole nitrogens is 1. The summed E-state index contributed by atoms with van der Waals surface area (Å²) in [5.41, 5.74) is 4.37. The van der Waals surface area contributed by atoms with E-state index in [0.29, 0.717) is 0 Å². The zero-order valence-electron chi connectivity index (χ0n) is 10.2. The van der Waals surface area contributed by atoms with Crippen LogP contribution in [-0.2, 0) is 6.42 Å². The number of nitrogens with one attached hydrogen (secondary N) is 1. The van der Waals surface area contributed by atoms with E-state index in [0.717, 1.165) is 23.1 Å². The molecule has 0 radical (unpaired) electrons. The lowest BCUT2D eigenvalue weighted by Crippen LogP contribution is -1.77. The van der Waals surface area contributed by atoms with Gasteiger partial charge in [0.15, 0.2) is 0 Å². The lowest BCUT2D eigenvalue weighted by molar-refractivity contribution is 0.668. The molecular weight excluding hydrogens is 222 g/mol. The molecule has 0 bridgehead atoms. The molecule has 2 heterocycles. The molecule has 0 aliphatic carbocycles. The molecule has 1 N–H and O–H groups in total. The van der Waals surface area contributed by atoms with Crippen LogP contribution in [0.5, 0.6) is 0 Å². The zero-order chi connectivity index (χ0) is 12.1. The van der Waals surface area contributed by atoms with Gasteiger partial charge in [0.05, 0.1) is 0 Å². The first kappa shape index (κ1) is 9.77. The summed E-state index contributed by atoms with van der Waals surface area (Å²) in [7, 11) is 0. The minimum absolute atomic E-state index is 0.952. The van der Waals surface area contributed by atoms with Crippen molar-refractivity contribution in [1.29, 1.82) is 0 Å². The summed E-state index contributed by atoms with van der Waals surface area (Å²) in [6, 6.07) is 12.9. The summed E-state index contributed by atoms with van der Waals surface area (Å²) >= 11 is 0. The van der Waals surface area contributed by atoms with Gasteiger partial charge < -0.3 is 9.40 Å². The summed E-state index contributed by atoms with van der Waals surface area (Å²) in [5.74, 6) is 0. The van der Waals surface area contributed by atoms with Gasteiger partial charge in [0.25, 0.3) is 0 Å². The topological polar surface area (TPSA) is 28.9 Å². The van der Waals surface area contributed by atoms with E-state index in [1.165, 1.54) is 21.7 Å². The van der Waals surface area contributed by atoms with Crippen LogP contribution in [0.25, 0.3) is 32.8 Å². The molecule has 4 aromatic rings. The van der Waals surface area contributed by atoms with Crippen LogP contribution in [-0.4, -0.2) is 4.98 Å². The normalized spacial score (nSPS) is 11.8.